The number of piperidine rings is 1. The van der Waals surface area contributed by atoms with E-state index in [2.05, 4.69) is 5.32 Å². The predicted molar refractivity (Wildman–Crippen MR) is 107 cm³/mol. The first-order chi connectivity index (χ1) is 13.2. The Morgan fingerprint density at radius 1 is 1.04 bits per heavy atom. The number of thiophene rings is 1. The van der Waals surface area contributed by atoms with Crippen LogP contribution in [0.3, 0.4) is 0 Å². The van der Waals surface area contributed by atoms with Crippen molar-refractivity contribution in [3.63, 3.8) is 0 Å². The molecule has 2 aromatic heterocycles. The molecule has 0 radical (unpaired) electrons. The third kappa shape index (κ3) is 3.80. The number of carbonyl (C=O) groups excluding carboxylic acids is 2. The minimum atomic E-state index is -0.183. The van der Waals surface area contributed by atoms with Crippen LogP contribution in [-0.2, 0) is 4.79 Å². The fourth-order valence-corrected chi connectivity index (χ4v) is 4.30. The summed E-state index contributed by atoms with van der Waals surface area (Å²) in [4.78, 5) is 28.3. The molecular formula is C21H21N3O2S. The van der Waals surface area contributed by atoms with Crippen LogP contribution in [0.15, 0.2) is 66.3 Å². The largest absolute Gasteiger partial charge is 0.337 e. The van der Waals surface area contributed by atoms with Crippen LogP contribution in [0.2, 0.25) is 0 Å². The van der Waals surface area contributed by atoms with Gasteiger partial charge >= 0.3 is 0 Å². The molecule has 5 nitrogen and oxygen atoms in total. The van der Waals surface area contributed by atoms with E-state index in [1.807, 2.05) is 75.8 Å². The topological polar surface area (TPSA) is 54.3 Å². The van der Waals surface area contributed by atoms with Crippen molar-refractivity contribution in [3.8, 4) is 5.69 Å². The van der Waals surface area contributed by atoms with Crippen LogP contribution in [-0.4, -0.2) is 34.4 Å². The maximum Gasteiger partial charge on any atom is 0.266 e. The van der Waals surface area contributed by atoms with Gasteiger partial charge in [-0.25, -0.2) is 0 Å². The number of hydrogen-bond acceptors (Lipinski definition) is 3. The van der Waals surface area contributed by atoms with E-state index in [4.69, 9.17) is 0 Å². The number of hydrogen-bond donors (Lipinski definition) is 1. The van der Waals surface area contributed by atoms with Gasteiger partial charge in [-0.15, -0.1) is 11.3 Å². The van der Waals surface area contributed by atoms with E-state index in [0.29, 0.717) is 13.1 Å². The number of para-hydroxylation sites is 1. The Hall–Kier alpha value is -2.86. The maximum absolute atomic E-state index is 13.1. The molecule has 138 valence electrons. The monoisotopic (exact) mass is 379 g/mol. The van der Waals surface area contributed by atoms with Crippen molar-refractivity contribution < 1.29 is 9.59 Å². The smallest absolute Gasteiger partial charge is 0.266 e. The Bertz CT molecular complexity index is 918. The normalized spacial score (nSPS) is 16.9. The van der Waals surface area contributed by atoms with E-state index >= 15 is 0 Å². The van der Waals surface area contributed by atoms with Gasteiger partial charge < -0.3 is 14.8 Å². The standard InChI is InChI=1S/C21H21N3O2S/c25-20(22-17-8-2-1-3-9-17)16-7-6-13-24(15-16)21(26)19-18(10-14-27-19)23-11-4-5-12-23/h1-5,8-12,14,16H,6-7,13,15H2,(H,22,25). The molecule has 1 aromatic carbocycles. The van der Waals surface area contributed by atoms with Gasteiger partial charge in [-0.05, 0) is 48.6 Å². The van der Waals surface area contributed by atoms with Gasteiger partial charge in [0.05, 0.1) is 11.6 Å². The number of carbonyl (C=O) groups is 2. The van der Waals surface area contributed by atoms with Crippen LogP contribution < -0.4 is 5.32 Å². The van der Waals surface area contributed by atoms with Crippen molar-refractivity contribution in [1.82, 2.24) is 9.47 Å². The molecule has 3 heterocycles. The first-order valence-corrected chi connectivity index (χ1v) is 9.96. The molecule has 3 aromatic rings. The summed E-state index contributed by atoms with van der Waals surface area (Å²) in [7, 11) is 0. The van der Waals surface area contributed by atoms with E-state index in [0.717, 1.165) is 29.1 Å². The molecule has 27 heavy (non-hydrogen) atoms. The van der Waals surface area contributed by atoms with Gasteiger partial charge in [-0.1, -0.05) is 18.2 Å². The summed E-state index contributed by atoms with van der Waals surface area (Å²) in [5.74, 6) is -0.195. The number of nitrogens with zero attached hydrogens (tertiary/aromatic N) is 2. The second-order valence-corrected chi connectivity index (χ2v) is 7.59. The van der Waals surface area contributed by atoms with Crippen LogP contribution in [0.4, 0.5) is 5.69 Å². The Balaban J connectivity index is 1.46. The Morgan fingerprint density at radius 2 is 1.81 bits per heavy atom. The first kappa shape index (κ1) is 17.5. The molecule has 0 bridgehead atoms. The summed E-state index contributed by atoms with van der Waals surface area (Å²) in [6, 6.07) is 15.3. The molecule has 0 saturated carbocycles. The lowest BCUT2D eigenvalue weighted by Gasteiger charge is -2.32. The van der Waals surface area contributed by atoms with Crippen LogP contribution in [0.5, 0.6) is 0 Å². The SMILES string of the molecule is O=C(Nc1ccccc1)C1CCCN(C(=O)c2sccc2-n2cccc2)C1. The van der Waals surface area contributed by atoms with Gasteiger partial charge in [-0.2, -0.15) is 0 Å². The lowest BCUT2D eigenvalue weighted by molar-refractivity contribution is -0.121. The third-order valence-corrected chi connectivity index (χ3v) is 5.73. The Kier molecular flexibility index (Phi) is 5.07. The summed E-state index contributed by atoms with van der Waals surface area (Å²) < 4.78 is 1.95. The zero-order chi connectivity index (χ0) is 18.6. The fraction of sp³-hybridized carbons (Fsp3) is 0.238. The average Bonchev–Trinajstić information content (AvgIpc) is 3.39. The predicted octanol–water partition coefficient (Wildman–Crippen LogP) is 4.03. The summed E-state index contributed by atoms with van der Waals surface area (Å²) in [5.41, 5.74) is 1.69. The number of rotatable bonds is 4. The highest BCUT2D eigenvalue weighted by atomic mass is 32.1. The van der Waals surface area contributed by atoms with Crippen molar-refractivity contribution in [2.75, 3.05) is 18.4 Å². The fourth-order valence-electron chi connectivity index (χ4n) is 3.45. The Labute approximate surface area is 162 Å². The van der Waals surface area contributed by atoms with E-state index in [1.54, 1.807) is 0 Å². The molecule has 0 spiro atoms. The van der Waals surface area contributed by atoms with Crippen LogP contribution in [0.25, 0.3) is 5.69 Å². The molecule has 1 fully saturated rings. The summed E-state index contributed by atoms with van der Waals surface area (Å²) >= 11 is 1.45. The molecule has 0 aliphatic carbocycles. The number of likely N-dealkylation sites (tertiary alicyclic amines) is 1. The molecule has 1 unspecified atom stereocenters. The number of benzene rings is 1. The molecule has 1 atom stereocenters. The van der Waals surface area contributed by atoms with Crippen molar-refractivity contribution in [2.45, 2.75) is 12.8 Å². The van der Waals surface area contributed by atoms with Crippen molar-refractivity contribution in [1.29, 1.82) is 0 Å². The number of anilines is 1. The second-order valence-electron chi connectivity index (χ2n) is 6.67. The summed E-state index contributed by atoms with van der Waals surface area (Å²) in [5, 5.41) is 4.90. The third-order valence-electron chi connectivity index (χ3n) is 4.84. The summed E-state index contributed by atoms with van der Waals surface area (Å²) in [6.45, 7) is 1.15. The molecule has 2 amide bonds. The van der Waals surface area contributed by atoms with Gasteiger partial charge in [0.1, 0.15) is 4.88 Å². The van der Waals surface area contributed by atoms with Gasteiger partial charge in [0.25, 0.3) is 5.91 Å². The van der Waals surface area contributed by atoms with Crippen molar-refractivity contribution in [3.05, 3.63) is 71.2 Å². The number of amides is 2. The van der Waals surface area contributed by atoms with E-state index in [-0.39, 0.29) is 17.7 Å². The summed E-state index contributed by atoms with van der Waals surface area (Å²) in [6.07, 6.45) is 5.51. The number of nitrogens with one attached hydrogen (secondary N) is 1. The van der Waals surface area contributed by atoms with Crippen LogP contribution in [0.1, 0.15) is 22.5 Å². The number of aromatic nitrogens is 1. The molecule has 1 aliphatic heterocycles. The Morgan fingerprint density at radius 3 is 2.59 bits per heavy atom. The van der Waals surface area contributed by atoms with Gasteiger partial charge in [-0.3, -0.25) is 9.59 Å². The molecular weight excluding hydrogens is 358 g/mol. The highest BCUT2D eigenvalue weighted by molar-refractivity contribution is 7.12. The molecule has 1 saturated heterocycles. The lowest BCUT2D eigenvalue weighted by Crippen LogP contribution is -2.43. The van der Waals surface area contributed by atoms with Crippen molar-refractivity contribution >= 4 is 28.8 Å². The van der Waals surface area contributed by atoms with E-state index < -0.39 is 0 Å². The van der Waals surface area contributed by atoms with E-state index in [1.165, 1.54) is 11.3 Å². The minimum absolute atomic E-state index is 0.00547. The van der Waals surface area contributed by atoms with Gasteiger partial charge in [0.15, 0.2) is 0 Å². The lowest BCUT2D eigenvalue weighted by atomic mass is 9.96. The maximum atomic E-state index is 13.1. The van der Waals surface area contributed by atoms with Crippen molar-refractivity contribution in [2.24, 2.45) is 5.92 Å². The van der Waals surface area contributed by atoms with Gasteiger partial charge in [0.2, 0.25) is 5.91 Å². The highest BCUT2D eigenvalue weighted by Crippen LogP contribution is 2.26. The average molecular weight is 379 g/mol. The zero-order valence-corrected chi connectivity index (χ0v) is 15.7. The highest BCUT2D eigenvalue weighted by Gasteiger charge is 2.30. The molecule has 1 N–H and O–H groups in total. The van der Waals surface area contributed by atoms with Crippen LogP contribution in [0, 0.1) is 5.92 Å². The molecule has 4 rings (SSSR count). The minimum Gasteiger partial charge on any atom is -0.337 e. The molecule has 6 heteroatoms. The quantitative estimate of drug-likeness (QED) is 0.744. The van der Waals surface area contributed by atoms with E-state index in [9.17, 15) is 9.59 Å². The zero-order valence-electron chi connectivity index (χ0n) is 14.9. The first-order valence-electron chi connectivity index (χ1n) is 9.08. The van der Waals surface area contributed by atoms with Gasteiger partial charge in [0, 0.05) is 31.2 Å². The van der Waals surface area contributed by atoms with Crippen LogP contribution >= 0.6 is 11.3 Å². The molecule has 1 aliphatic rings. The second kappa shape index (κ2) is 7.80.